The summed E-state index contributed by atoms with van der Waals surface area (Å²) in [5, 5.41) is 3.88. The van der Waals surface area contributed by atoms with E-state index in [1.807, 2.05) is 44.2 Å². The molecule has 0 aromatic heterocycles. The van der Waals surface area contributed by atoms with Gasteiger partial charge < -0.3 is 5.73 Å². The second kappa shape index (κ2) is 7.85. The van der Waals surface area contributed by atoms with Crippen molar-refractivity contribution in [3.05, 3.63) is 35.9 Å². The molecule has 1 aromatic rings. The van der Waals surface area contributed by atoms with Crippen molar-refractivity contribution in [2.75, 3.05) is 5.75 Å². The van der Waals surface area contributed by atoms with E-state index in [4.69, 9.17) is 5.73 Å². The van der Waals surface area contributed by atoms with Crippen LogP contribution in [0.25, 0.3) is 0 Å². The van der Waals surface area contributed by atoms with E-state index in [0.29, 0.717) is 16.9 Å². The quantitative estimate of drug-likeness (QED) is 0.775. The molecule has 0 aliphatic carbocycles. The first-order valence-corrected chi connectivity index (χ1v) is 8.59. The molecule has 4 heteroatoms. The van der Waals surface area contributed by atoms with Crippen LogP contribution in [-0.4, -0.2) is 23.0 Å². The van der Waals surface area contributed by atoms with Crippen molar-refractivity contribution >= 4 is 17.7 Å². The van der Waals surface area contributed by atoms with Gasteiger partial charge in [0.25, 0.3) is 0 Å². The smallest absolute Gasteiger partial charge is 0.243 e. The zero-order chi connectivity index (χ0) is 16.0. The third-order valence-corrected chi connectivity index (χ3v) is 5.39. The lowest BCUT2D eigenvalue weighted by atomic mass is 9.90. The maximum atomic E-state index is 12.3. The lowest BCUT2D eigenvalue weighted by Crippen LogP contribution is -2.57. The topological polar surface area (TPSA) is 55.1 Å². The molecule has 0 radical (unpaired) electrons. The minimum absolute atomic E-state index is 0.174. The highest BCUT2D eigenvalue weighted by Crippen LogP contribution is 2.30. The van der Waals surface area contributed by atoms with Gasteiger partial charge in [-0.3, -0.25) is 10.1 Å². The van der Waals surface area contributed by atoms with Crippen LogP contribution < -0.4 is 11.1 Å². The first-order valence-electron chi connectivity index (χ1n) is 7.54. The summed E-state index contributed by atoms with van der Waals surface area (Å²) in [7, 11) is 0. The normalized spacial score (nSPS) is 16.0. The van der Waals surface area contributed by atoms with Crippen LogP contribution >= 0.6 is 11.8 Å². The molecule has 2 unspecified atom stereocenters. The number of hydrogen-bond acceptors (Lipinski definition) is 3. The van der Waals surface area contributed by atoms with Gasteiger partial charge in [0, 0.05) is 17.0 Å². The number of hydrogen-bond donors (Lipinski definition) is 2. The van der Waals surface area contributed by atoms with Gasteiger partial charge >= 0.3 is 0 Å². The fraction of sp³-hybridized carbons (Fsp3) is 0.588. The van der Waals surface area contributed by atoms with E-state index in [1.165, 1.54) is 0 Å². The van der Waals surface area contributed by atoms with Crippen molar-refractivity contribution in [2.24, 2.45) is 11.7 Å². The minimum Gasteiger partial charge on any atom is -0.368 e. The molecule has 2 atom stereocenters. The molecule has 3 N–H and O–H groups in total. The minimum atomic E-state index is -0.816. The molecule has 1 aromatic carbocycles. The first-order chi connectivity index (χ1) is 9.79. The Labute approximate surface area is 133 Å². The Morgan fingerprint density at radius 2 is 1.76 bits per heavy atom. The van der Waals surface area contributed by atoms with Crippen LogP contribution in [0.2, 0.25) is 0 Å². The van der Waals surface area contributed by atoms with Gasteiger partial charge in [-0.25, -0.2) is 0 Å². The van der Waals surface area contributed by atoms with E-state index in [1.54, 1.807) is 11.8 Å². The fourth-order valence-electron chi connectivity index (χ4n) is 2.16. The first kappa shape index (κ1) is 18.1. The van der Waals surface area contributed by atoms with Crippen molar-refractivity contribution < 1.29 is 4.79 Å². The van der Waals surface area contributed by atoms with Crippen LogP contribution in [0.1, 0.15) is 40.2 Å². The summed E-state index contributed by atoms with van der Waals surface area (Å²) in [6.07, 6.45) is 0. The maximum absolute atomic E-state index is 12.3. The molecule has 1 amide bonds. The third-order valence-electron chi connectivity index (χ3n) is 3.72. The second-order valence-corrected chi connectivity index (χ2v) is 7.56. The lowest BCUT2D eigenvalue weighted by Gasteiger charge is -2.35. The van der Waals surface area contributed by atoms with Gasteiger partial charge in [0.15, 0.2) is 0 Å². The number of benzene rings is 1. The number of carbonyl (C=O) groups excluding carboxylic acids is 1. The van der Waals surface area contributed by atoms with Crippen LogP contribution in [0, 0.1) is 5.92 Å². The van der Waals surface area contributed by atoms with Crippen LogP contribution in [0.4, 0.5) is 0 Å². The van der Waals surface area contributed by atoms with Gasteiger partial charge in [-0.1, -0.05) is 51.1 Å². The Kier molecular flexibility index (Phi) is 6.75. The van der Waals surface area contributed by atoms with Crippen molar-refractivity contribution in [1.29, 1.82) is 0 Å². The fourth-order valence-corrected chi connectivity index (χ4v) is 3.45. The third kappa shape index (κ3) is 4.75. The number of primary amides is 1. The highest BCUT2D eigenvalue weighted by atomic mass is 32.2. The Bertz CT molecular complexity index is 447. The summed E-state index contributed by atoms with van der Waals surface area (Å²) in [4.78, 5) is 12.3. The van der Waals surface area contributed by atoms with Crippen molar-refractivity contribution in [3.63, 3.8) is 0 Å². The van der Waals surface area contributed by atoms with Crippen molar-refractivity contribution in [3.8, 4) is 0 Å². The lowest BCUT2D eigenvalue weighted by molar-refractivity contribution is -0.124. The molecule has 0 fully saturated rings. The van der Waals surface area contributed by atoms with E-state index in [0.717, 1.165) is 5.56 Å². The summed E-state index contributed by atoms with van der Waals surface area (Å²) in [6, 6.07) is 9.97. The zero-order valence-corrected chi connectivity index (χ0v) is 14.5. The van der Waals surface area contributed by atoms with Gasteiger partial charge in [-0.2, -0.15) is 11.8 Å². The van der Waals surface area contributed by atoms with Crippen LogP contribution in [0.15, 0.2) is 30.3 Å². The number of amides is 1. The van der Waals surface area contributed by atoms with Crippen LogP contribution in [0.5, 0.6) is 0 Å². The van der Waals surface area contributed by atoms with E-state index in [2.05, 4.69) is 26.1 Å². The summed E-state index contributed by atoms with van der Waals surface area (Å²) in [6.45, 7) is 10.7. The Morgan fingerprint density at radius 1 is 1.19 bits per heavy atom. The van der Waals surface area contributed by atoms with Gasteiger partial charge in [0.1, 0.15) is 5.54 Å². The van der Waals surface area contributed by atoms with Gasteiger partial charge in [0.2, 0.25) is 5.91 Å². The van der Waals surface area contributed by atoms with E-state index >= 15 is 0 Å². The summed E-state index contributed by atoms with van der Waals surface area (Å²) in [5.74, 6) is 0.894. The highest BCUT2D eigenvalue weighted by molar-refractivity contribution is 8.00. The van der Waals surface area contributed by atoms with Gasteiger partial charge in [-0.15, -0.1) is 0 Å². The monoisotopic (exact) mass is 308 g/mol. The predicted molar refractivity (Wildman–Crippen MR) is 92.3 cm³/mol. The number of carbonyl (C=O) groups is 1. The molecule has 0 bridgehead atoms. The average Bonchev–Trinajstić information content (AvgIpc) is 2.43. The molecule has 0 saturated carbocycles. The summed E-state index contributed by atoms with van der Waals surface area (Å²) in [5.41, 5.74) is 5.92. The summed E-state index contributed by atoms with van der Waals surface area (Å²) < 4.78 is 0. The van der Waals surface area contributed by atoms with Gasteiger partial charge in [0.05, 0.1) is 0 Å². The zero-order valence-electron chi connectivity index (χ0n) is 13.7. The number of nitrogens with one attached hydrogen (secondary N) is 1. The molecule has 118 valence electrons. The Hall–Kier alpha value is -1.00. The number of nitrogens with two attached hydrogens (primary N) is 1. The molecular formula is C17H28N2OS. The molecule has 21 heavy (non-hydrogen) atoms. The predicted octanol–water partition coefficient (Wildman–Crippen LogP) is 3.14. The molecule has 0 saturated heterocycles. The average molecular weight is 308 g/mol. The highest BCUT2D eigenvalue weighted by Gasteiger charge is 2.39. The van der Waals surface area contributed by atoms with E-state index in [-0.39, 0.29) is 11.9 Å². The molecular weight excluding hydrogens is 280 g/mol. The molecule has 1 rings (SSSR count). The van der Waals surface area contributed by atoms with E-state index < -0.39 is 5.54 Å². The largest absolute Gasteiger partial charge is 0.368 e. The SMILES string of the molecule is CC(C)NC(CSC(C)C(C)C)(C(N)=O)c1ccccc1. The van der Waals surface area contributed by atoms with Crippen LogP contribution in [0.3, 0.4) is 0 Å². The number of rotatable bonds is 8. The van der Waals surface area contributed by atoms with Crippen molar-refractivity contribution in [2.45, 2.75) is 51.4 Å². The molecule has 0 heterocycles. The maximum Gasteiger partial charge on any atom is 0.243 e. The summed E-state index contributed by atoms with van der Waals surface area (Å²) >= 11 is 1.79. The van der Waals surface area contributed by atoms with Crippen molar-refractivity contribution in [1.82, 2.24) is 5.32 Å². The van der Waals surface area contributed by atoms with Gasteiger partial charge in [-0.05, 0) is 25.3 Å². The van der Waals surface area contributed by atoms with Crippen LogP contribution in [-0.2, 0) is 10.3 Å². The second-order valence-electron chi connectivity index (χ2n) is 6.19. The molecule has 0 spiro atoms. The number of thioether (sulfide) groups is 1. The molecule has 3 nitrogen and oxygen atoms in total. The molecule has 0 aliphatic rings. The Morgan fingerprint density at radius 3 is 2.19 bits per heavy atom. The molecule has 0 aliphatic heterocycles. The standard InChI is InChI=1S/C17H28N2OS/c1-12(2)14(5)21-11-17(16(18)20,19-13(3)4)15-9-7-6-8-10-15/h6-10,12-14,19H,11H2,1-5H3,(H2,18,20). The Balaban J connectivity index is 3.11. The van der Waals surface area contributed by atoms with E-state index in [9.17, 15) is 4.79 Å².